The number of nitrogens with zero attached hydrogens (tertiary/aromatic N) is 2. The van der Waals surface area contributed by atoms with Gasteiger partial charge in [0.25, 0.3) is 5.91 Å². The van der Waals surface area contributed by atoms with Crippen LogP contribution in [0.4, 0.5) is 0 Å². The van der Waals surface area contributed by atoms with Gasteiger partial charge in [-0.15, -0.1) is 0 Å². The van der Waals surface area contributed by atoms with Crippen LogP contribution >= 0.6 is 0 Å². The van der Waals surface area contributed by atoms with E-state index in [1.54, 1.807) is 12.1 Å². The highest BCUT2D eigenvalue weighted by atomic mass is 32.2. The van der Waals surface area contributed by atoms with Crippen molar-refractivity contribution in [3.8, 4) is 0 Å². The van der Waals surface area contributed by atoms with Gasteiger partial charge in [0, 0.05) is 44.6 Å². The predicted molar refractivity (Wildman–Crippen MR) is 94.2 cm³/mol. The van der Waals surface area contributed by atoms with Gasteiger partial charge in [0.05, 0.1) is 18.1 Å². The number of carbonyl (C=O) groups is 1. The molecule has 8 heteroatoms. The molecule has 3 fully saturated rings. The molecule has 0 aromatic heterocycles. The van der Waals surface area contributed by atoms with Gasteiger partial charge in [-0.1, -0.05) is 0 Å². The molecule has 3 aliphatic heterocycles. The maximum absolute atomic E-state index is 12.9. The van der Waals surface area contributed by atoms with Gasteiger partial charge in [0.15, 0.2) is 5.79 Å². The van der Waals surface area contributed by atoms with Crippen molar-refractivity contribution in [1.82, 2.24) is 9.21 Å². The first-order valence-corrected chi connectivity index (χ1v) is 10.6. The van der Waals surface area contributed by atoms with Gasteiger partial charge in [0.2, 0.25) is 10.0 Å². The summed E-state index contributed by atoms with van der Waals surface area (Å²) in [5.74, 6) is -0.625. The quantitative estimate of drug-likeness (QED) is 0.793. The topological polar surface area (TPSA) is 76.2 Å². The highest BCUT2D eigenvalue weighted by Crippen LogP contribution is 2.33. The standard InChI is InChI=1S/C18H24N2O5S/c21-17(19-9-1-2-10-19)15-3-5-16(6-4-15)26(22,23)20-11-7-18(8-12-20)24-13-14-25-18/h3-6H,1-2,7-14H2. The summed E-state index contributed by atoms with van der Waals surface area (Å²) < 4.78 is 38.5. The van der Waals surface area contributed by atoms with E-state index in [4.69, 9.17) is 9.47 Å². The van der Waals surface area contributed by atoms with Crippen molar-refractivity contribution in [2.75, 3.05) is 39.4 Å². The lowest BCUT2D eigenvalue weighted by molar-refractivity contribution is -0.179. The molecule has 0 unspecified atom stereocenters. The molecule has 7 nitrogen and oxygen atoms in total. The number of hydrogen-bond donors (Lipinski definition) is 0. The van der Waals surface area contributed by atoms with E-state index >= 15 is 0 Å². The van der Waals surface area contributed by atoms with Crippen molar-refractivity contribution in [3.63, 3.8) is 0 Å². The van der Waals surface area contributed by atoms with Gasteiger partial charge >= 0.3 is 0 Å². The fraction of sp³-hybridized carbons (Fsp3) is 0.611. The third-order valence-corrected chi connectivity index (χ3v) is 7.34. The van der Waals surface area contributed by atoms with Crippen molar-refractivity contribution in [1.29, 1.82) is 0 Å². The molecule has 0 radical (unpaired) electrons. The Hall–Kier alpha value is -1.48. The molecule has 0 N–H and O–H groups in total. The Morgan fingerprint density at radius 2 is 1.50 bits per heavy atom. The number of sulfonamides is 1. The lowest BCUT2D eigenvalue weighted by Crippen LogP contribution is -2.47. The summed E-state index contributed by atoms with van der Waals surface area (Å²) in [6.45, 7) is 3.43. The minimum Gasteiger partial charge on any atom is -0.347 e. The zero-order chi connectivity index (χ0) is 18.2. The van der Waals surface area contributed by atoms with Crippen molar-refractivity contribution < 1.29 is 22.7 Å². The molecule has 0 bridgehead atoms. The van der Waals surface area contributed by atoms with Crippen LogP contribution in [-0.2, 0) is 19.5 Å². The van der Waals surface area contributed by atoms with E-state index in [2.05, 4.69) is 0 Å². The van der Waals surface area contributed by atoms with E-state index < -0.39 is 15.8 Å². The number of benzene rings is 1. The first-order valence-electron chi connectivity index (χ1n) is 9.18. The number of rotatable bonds is 3. The van der Waals surface area contributed by atoms with Gasteiger partial charge in [-0.05, 0) is 37.1 Å². The zero-order valence-corrected chi connectivity index (χ0v) is 15.5. The molecule has 1 spiro atoms. The van der Waals surface area contributed by atoms with Crippen LogP contribution in [0.25, 0.3) is 0 Å². The second kappa shape index (κ2) is 6.92. The summed E-state index contributed by atoms with van der Waals surface area (Å²) in [5, 5.41) is 0. The summed E-state index contributed by atoms with van der Waals surface area (Å²) in [4.78, 5) is 14.4. The summed E-state index contributed by atoms with van der Waals surface area (Å²) in [6, 6.07) is 6.29. The Kier molecular flexibility index (Phi) is 4.77. The second-order valence-electron chi connectivity index (χ2n) is 7.04. The molecule has 1 aromatic rings. The van der Waals surface area contributed by atoms with Crippen LogP contribution < -0.4 is 0 Å². The second-order valence-corrected chi connectivity index (χ2v) is 8.97. The summed E-state index contributed by atoms with van der Waals surface area (Å²) in [6.07, 6.45) is 3.14. The number of hydrogen-bond acceptors (Lipinski definition) is 5. The van der Waals surface area contributed by atoms with Crippen LogP contribution in [-0.4, -0.2) is 68.7 Å². The lowest BCUT2D eigenvalue weighted by Gasteiger charge is -2.36. The molecule has 3 aliphatic rings. The van der Waals surface area contributed by atoms with Crippen molar-refractivity contribution in [3.05, 3.63) is 29.8 Å². The number of piperidine rings is 1. The third-order valence-electron chi connectivity index (χ3n) is 5.43. The summed E-state index contributed by atoms with van der Waals surface area (Å²) >= 11 is 0. The smallest absolute Gasteiger partial charge is 0.253 e. The van der Waals surface area contributed by atoms with Gasteiger partial charge < -0.3 is 14.4 Å². The largest absolute Gasteiger partial charge is 0.347 e. The van der Waals surface area contributed by atoms with Crippen LogP contribution in [0.3, 0.4) is 0 Å². The Morgan fingerprint density at radius 3 is 2.08 bits per heavy atom. The van der Waals surface area contributed by atoms with Crippen molar-refractivity contribution in [2.24, 2.45) is 0 Å². The van der Waals surface area contributed by atoms with E-state index in [0.717, 1.165) is 25.9 Å². The predicted octanol–water partition coefficient (Wildman–Crippen LogP) is 1.45. The monoisotopic (exact) mass is 380 g/mol. The minimum atomic E-state index is -3.57. The van der Waals surface area contributed by atoms with Crippen LogP contribution in [0, 0.1) is 0 Å². The minimum absolute atomic E-state index is 0.0260. The van der Waals surface area contributed by atoms with Crippen LogP contribution in [0.1, 0.15) is 36.0 Å². The molecular weight excluding hydrogens is 356 g/mol. The molecule has 0 saturated carbocycles. The van der Waals surface area contributed by atoms with Gasteiger partial charge in [-0.2, -0.15) is 4.31 Å². The SMILES string of the molecule is O=C(c1ccc(S(=O)(=O)N2CCC3(CC2)OCCO3)cc1)N1CCCC1. The Labute approximate surface area is 153 Å². The Balaban J connectivity index is 1.45. The highest BCUT2D eigenvalue weighted by Gasteiger charge is 2.42. The average Bonchev–Trinajstić information content (AvgIpc) is 3.34. The molecule has 0 atom stereocenters. The van der Waals surface area contributed by atoms with Gasteiger partial charge in [0.1, 0.15) is 0 Å². The fourth-order valence-corrected chi connectivity index (χ4v) is 5.32. The van der Waals surface area contributed by atoms with Crippen LogP contribution in [0.5, 0.6) is 0 Å². The summed E-state index contributed by atoms with van der Waals surface area (Å²) in [7, 11) is -3.57. The van der Waals surface area contributed by atoms with Gasteiger partial charge in [-0.3, -0.25) is 4.79 Å². The molecule has 3 heterocycles. The van der Waals surface area contributed by atoms with E-state index in [1.807, 2.05) is 4.90 Å². The summed E-state index contributed by atoms with van der Waals surface area (Å²) in [5.41, 5.74) is 0.538. The molecule has 1 amide bonds. The van der Waals surface area contributed by atoms with Crippen LogP contribution in [0.15, 0.2) is 29.2 Å². The molecule has 26 heavy (non-hydrogen) atoms. The van der Waals surface area contributed by atoms with Crippen molar-refractivity contribution in [2.45, 2.75) is 36.4 Å². The number of amides is 1. The third kappa shape index (κ3) is 3.26. The first-order chi connectivity index (χ1) is 12.5. The Morgan fingerprint density at radius 1 is 0.923 bits per heavy atom. The number of carbonyl (C=O) groups excluding carboxylic acids is 1. The van der Waals surface area contributed by atoms with E-state index in [0.29, 0.717) is 44.7 Å². The normalized spacial score (nSPS) is 23.6. The number of likely N-dealkylation sites (tertiary alicyclic amines) is 1. The molecule has 4 rings (SSSR count). The van der Waals surface area contributed by atoms with Gasteiger partial charge in [-0.25, -0.2) is 8.42 Å². The molecule has 1 aromatic carbocycles. The van der Waals surface area contributed by atoms with E-state index in [1.165, 1.54) is 16.4 Å². The molecule has 0 aliphatic carbocycles. The van der Waals surface area contributed by atoms with Crippen molar-refractivity contribution >= 4 is 15.9 Å². The highest BCUT2D eigenvalue weighted by molar-refractivity contribution is 7.89. The Bertz CT molecular complexity index is 755. The zero-order valence-electron chi connectivity index (χ0n) is 14.7. The number of ether oxygens (including phenoxy) is 2. The molecular formula is C18H24N2O5S. The maximum Gasteiger partial charge on any atom is 0.253 e. The average molecular weight is 380 g/mol. The van der Waals surface area contributed by atoms with Crippen LogP contribution in [0.2, 0.25) is 0 Å². The lowest BCUT2D eigenvalue weighted by atomic mass is 10.1. The molecule has 142 valence electrons. The molecule has 3 saturated heterocycles. The van der Waals surface area contributed by atoms with E-state index in [9.17, 15) is 13.2 Å². The first kappa shape index (κ1) is 17.9. The fourth-order valence-electron chi connectivity index (χ4n) is 3.87. The maximum atomic E-state index is 12.9. The van der Waals surface area contributed by atoms with E-state index in [-0.39, 0.29) is 10.8 Å².